The number of carbonyl (C=O) groups is 2. The lowest BCUT2D eigenvalue weighted by Gasteiger charge is -2.23. The summed E-state index contributed by atoms with van der Waals surface area (Å²) in [7, 11) is 4.14. The molecule has 1 aliphatic heterocycles. The molecule has 0 saturated heterocycles. The molecule has 158 valence electrons. The predicted octanol–water partition coefficient (Wildman–Crippen LogP) is 4.61. The third kappa shape index (κ3) is 6.95. The van der Waals surface area contributed by atoms with Crippen LogP contribution in [0.2, 0.25) is 5.02 Å². The molecule has 0 unspecified atom stereocenters. The van der Waals surface area contributed by atoms with Gasteiger partial charge in [-0.25, -0.2) is 9.59 Å². The second-order valence-electron chi connectivity index (χ2n) is 6.64. The highest BCUT2D eigenvalue weighted by Crippen LogP contribution is 2.47. The average molecular weight is 448 g/mol. The van der Waals surface area contributed by atoms with E-state index in [1.54, 1.807) is 17.8 Å². The molecule has 0 aliphatic carbocycles. The molecule has 2 aromatic rings. The summed E-state index contributed by atoms with van der Waals surface area (Å²) in [6.45, 7) is 0.987. The van der Waals surface area contributed by atoms with Gasteiger partial charge in [0, 0.05) is 33.5 Å². The molecule has 3 N–H and O–H groups in total. The van der Waals surface area contributed by atoms with Gasteiger partial charge in [0.2, 0.25) is 0 Å². The molecule has 0 saturated carbocycles. The van der Waals surface area contributed by atoms with E-state index in [4.69, 9.17) is 21.8 Å². The third-order valence-corrected chi connectivity index (χ3v) is 5.39. The lowest BCUT2D eigenvalue weighted by Crippen LogP contribution is -2.12. The number of halogens is 1. The molecular formula is C22H22ClNO5S. The molecule has 0 bridgehead atoms. The lowest BCUT2D eigenvalue weighted by molar-refractivity contribution is -0.134. The highest BCUT2D eigenvalue weighted by Gasteiger charge is 2.21. The number of phenols is 1. The zero-order valence-electron chi connectivity index (χ0n) is 16.5. The number of rotatable bonds is 5. The van der Waals surface area contributed by atoms with Crippen molar-refractivity contribution in [3.8, 4) is 5.75 Å². The zero-order chi connectivity index (χ0) is 22.3. The summed E-state index contributed by atoms with van der Waals surface area (Å²) in [6, 6.07) is 11.6. The largest absolute Gasteiger partial charge is 0.508 e. The van der Waals surface area contributed by atoms with Gasteiger partial charge in [0.05, 0.1) is 0 Å². The number of fused-ring (bicyclic) bond motifs is 2. The van der Waals surface area contributed by atoms with Crippen molar-refractivity contribution in [2.45, 2.75) is 16.2 Å². The molecular weight excluding hydrogens is 426 g/mol. The molecule has 3 rings (SSSR count). The van der Waals surface area contributed by atoms with Crippen molar-refractivity contribution in [2.75, 3.05) is 20.6 Å². The summed E-state index contributed by atoms with van der Waals surface area (Å²) in [4.78, 5) is 23.6. The Kier molecular flexibility index (Phi) is 8.53. The molecule has 1 heterocycles. The number of benzene rings is 2. The van der Waals surface area contributed by atoms with Crippen LogP contribution in [0.3, 0.4) is 0 Å². The minimum atomic E-state index is -1.26. The van der Waals surface area contributed by atoms with Gasteiger partial charge in [-0.15, -0.1) is 0 Å². The van der Waals surface area contributed by atoms with E-state index in [1.165, 1.54) is 9.79 Å². The van der Waals surface area contributed by atoms with E-state index >= 15 is 0 Å². The SMILES string of the molecule is CN(C)CCC=C1c2cc(O)ccc2Sc2ccc(Cl)cc21.O=C(O)C=CC(=O)O. The third-order valence-electron chi connectivity index (χ3n) is 4.00. The van der Waals surface area contributed by atoms with Crippen LogP contribution in [-0.2, 0) is 9.59 Å². The highest BCUT2D eigenvalue weighted by molar-refractivity contribution is 7.99. The van der Waals surface area contributed by atoms with Crippen LogP contribution in [0, 0.1) is 0 Å². The van der Waals surface area contributed by atoms with E-state index in [9.17, 15) is 14.7 Å². The number of carboxylic acid groups (broad SMARTS) is 2. The maximum absolute atomic E-state index is 9.85. The summed E-state index contributed by atoms with van der Waals surface area (Å²) in [6.07, 6.45) is 4.31. The second kappa shape index (κ2) is 10.9. The topological polar surface area (TPSA) is 98.1 Å². The minimum Gasteiger partial charge on any atom is -0.508 e. The first-order chi connectivity index (χ1) is 14.2. The van der Waals surface area contributed by atoms with Crippen LogP contribution in [0.1, 0.15) is 17.5 Å². The van der Waals surface area contributed by atoms with Crippen LogP contribution in [0.4, 0.5) is 0 Å². The van der Waals surface area contributed by atoms with Crippen LogP contribution in [0.25, 0.3) is 5.57 Å². The Morgan fingerprint density at radius 2 is 1.57 bits per heavy atom. The van der Waals surface area contributed by atoms with Crippen LogP contribution >= 0.6 is 23.4 Å². The summed E-state index contributed by atoms with van der Waals surface area (Å²) in [5.41, 5.74) is 3.39. The molecule has 30 heavy (non-hydrogen) atoms. The molecule has 2 aromatic carbocycles. The van der Waals surface area contributed by atoms with Crippen molar-refractivity contribution in [3.63, 3.8) is 0 Å². The maximum atomic E-state index is 9.85. The van der Waals surface area contributed by atoms with Crippen LogP contribution in [-0.4, -0.2) is 52.8 Å². The van der Waals surface area contributed by atoms with Gasteiger partial charge >= 0.3 is 11.9 Å². The van der Waals surface area contributed by atoms with Crippen molar-refractivity contribution in [2.24, 2.45) is 0 Å². The standard InChI is InChI=1S/C18H18ClNOS.C4H4O4/c1-20(2)9-3-4-14-15-10-12(19)5-7-17(15)22-18-8-6-13(21)11-16(14)18;5-3(6)1-2-4(7)8/h4-8,10-11,21H,3,9H2,1-2H3;1-2H,(H,5,6)(H,7,8). The maximum Gasteiger partial charge on any atom is 0.328 e. The Labute approximate surface area is 184 Å². The van der Waals surface area contributed by atoms with Crippen LogP contribution < -0.4 is 0 Å². The minimum absolute atomic E-state index is 0.295. The first-order valence-electron chi connectivity index (χ1n) is 8.97. The smallest absolute Gasteiger partial charge is 0.328 e. The molecule has 0 radical (unpaired) electrons. The van der Waals surface area contributed by atoms with Crippen LogP contribution in [0.5, 0.6) is 5.75 Å². The summed E-state index contributed by atoms with van der Waals surface area (Å²) < 4.78 is 0. The number of phenolic OH excluding ortho intramolecular Hbond substituents is 1. The molecule has 8 heteroatoms. The highest BCUT2D eigenvalue weighted by atomic mass is 35.5. The first kappa shape index (κ1) is 23.5. The predicted molar refractivity (Wildman–Crippen MR) is 118 cm³/mol. The second-order valence-corrected chi connectivity index (χ2v) is 8.16. The van der Waals surface area contributed by atoms with Gasteiger partial charge in [-0.3, -0.25) is 0 Å². The average Bonchev–Trinajstić information content (AvgIpc) is 2.67. The van der Waals surface area contributed by atoms with E-state index in [2.05, 4.69) is 31.1 Å². The van der Waals surface area contributed by atoms with Crippen LogP contribution in [0.15, 0.2) is 64.4 Å². The lowest BCUT2D eigenvalue weighted by atomic mass is 9.96. The van der Waals surface area contributed by atoms with E-state index in [-0.39, 0.29) is 0 Å². The first-order valence-corrected chi connectivity index (χ1v) is 10.2. The summed E-state index contributed by atoms with van der Waals surface area (Å²) >= 11 is 7.91. The van der Waals surface area contributed by atoms with E-state index < -0.39 is 11.9 Å². The Hall–Kier alpha value is -2.74. The monoisotopic (exact) mass is 447 g/mol. The normalized spacial score (nSPS) is 13.5. The van der Waals surface area contributed by atoms with Gasteiger partial charge in [0.1, 0.15) is 5.75 Å². The van der Waals surface area contributed by atoms with Gasteiger partial charge < -0.3 is 20.2 Å². The zero-order valence-corrected chi connectivity index (χ0v) is 18.1. The van der Waals surface area contributed by atoms with Gasteiger partial charge in [-0.05, 0) is 73.6 Å². The molecule has 0 aromatic heterocycles. The Balaban J connectivity index is 0.000000343. The molecule has 0 fully saturated rings. The number of nitrogens with zero attached hydrogens (tertiary/aromatic N) is 1. The summed E-state index contributed by atoms with van der Waals surface area (Å²) in [5.74, 6) is -2.22. The fourth-order valence-electron chi connectivity index (χ4n) is 2.71. The Morgan fingerprint density at radius 1 is 1.00 bits per heavy atom. The number of aromatic hydroxyl groups is 1. The fraction of sp³-hybridized carbons (Fsp3) is 0.182. The fourth-order valence-corrected chi connectivity index (χ4v) is 3.95. The molecule has 1 aliphatic rings. The van der Waals surface area contributed by atoms with Crippen molar-refractivity contribution in [3.05, 3.63) is 70.8 Å². The van der Waals surface area contributed by atoms with Gasteiger partial charge in [0.15, 0.2) is 0 Å². The Morgan fingerprint density at radius 3 is 2.13 bits per heavy atom. The molecule has 0 amide bonds. The Bertz CT molecular complexity index is 932. The number of hydrogen-bond acceptors (Lipinski definition) is 5. The number of carboxylic acids is 2. The van der Waals surface area contributed by atoms with E-state index in [0.29, 0.717) is 17.9 Å². The molecule has 0 atom stereocenters. The van der Waals surface area contributed by atoms with E-state index in [1.807, 2.05) is 24.3 Å². The quantitative estimate of drug-likeness (QED) is 0.491. The summed E-state index contributed by atoms with van der Waals surface area (Å²) in [5, 5.41) is 26.2. The van der Waals surface area contributed by atoms with Crippen molar-refractivity contribution < 1.29 is 24.9 Å². The van der Waals surface area contributed by atoms with Gasteiger partial charge in [0.25, 0.3) is 0 Å². The number of aliphatic carboxylic acids is 2. The van der Waals surface area contributed by atoms with Crippen molar-refractivity contribution in [1.82, 2.24) is 4.90 Å². The van der Waals surface area contributed by atoms with Crippen molar-refractivity contribution >= 4 is 40.9 Å². The van der Waals surface area contributed by atoms with Gasteiger partial charge in [-0.1, -0.05) is 29.4 Å². The van der Waals surface area contributed by atoms with Gasteiger partial charge in [-0.2, -0.15) is 0 Å². The van der Waals surface area contributed by atoms with Crippen molar-refractivity contribution in [1.29, 1.82) is 0 Å². The van der Waals surface area contributed by atoms with E-state index in [0.717, 1.165) is 34.7 Å². The molecule has 6 nitrogen and oxygen atoms in total. The number of hydrogen-bond donors (Lipinski definition) is 3. The molecule has 0 spiro atoms.